The lowest BCUT2D eigenvalue weighted by Gasteiger charge is -2.13. The van der Waals surface area contributed by atoms with Gasteiger partial charge in [-0.3, -0.25) is 4.79 Å². The predicted octanol–water partition coefficient (Wildman–Crippen LogP) is 3.46. The molecule has 0 atom stereocenters. The average Bonchev–Trinajstić information content (AvgIpc) is 2.16. The molecule has 0 unspecified atom stereocenters. The Balaban J connectivity index is 3.36. The number of sulfone groups is 1. The van der Waals surface area contributed by atoms with Crippen molar-refractivity contribution >= 4 is 63.4 Å². The molecule has 16 heavy (non-hydrogen) atoms. The van der Waals surface area contributed by atoms with Gasteiger partial charge in [0.05, 0.1) is 4.90 Å². The zero-order valence-electron chi connectivity index (χ0n) is 8.08. The number of hydrogen-bond acceptors (Lipinski definition) is 3. The Bertz CT molecular complexity index is 517. The fourth-order valence-electron chi connectivity index (χ4n) is 1.02. The maximum absolute atomic E-state index is 12.0. The van der Waals surface area contributed by atoms with Gasteiger partial charge in [-0.1, -0.05) is 12.1 Å². The molecule has 1 rings (SSSR count). The monoisotopic (exact) mass is 432 g/mol. The van der Waals surface area contributed by atoms with Gasteiger partial charge in [0.25, 0.3) is 0 Å². The molecule has 0 aliphatic heterocycles. The highest BCUT2D eigenvalue weighted by atomic mass is 80.0. The highest BCUT2D eigenvalue weighted by Gasteiger charge is 2.37. The number of carbonyl (C=O) groups excluding carboxylic acids is 1. The Morgan fingerprint density at radius 2 is 1.81 bits per heavy atom. The highest BCUT2D eigenvalue weighted by molar-refractivity contribution is 9.42. The number of carbonyl (C=O) groups is 1. The van der Waals surface area contributed by atoms with Crippen LogP contribution in [0.4, 0.5) is 0 Å². The summed E-state index contributed by atoms with van der Waals surface area (Å²) in [6.45, 7) is 1.38. The Morgan fingerprint density at radius 3 is 2.25 bits per heavy atom. The number of alkyl halides is 3. The van der Waals surface area contributed by atoms with Crippen molar-refractivity contribution in [3.8, 4) is 0 Å². The van der Waals surface area contributed by atoms with Crippen LogP contribution < -0.4 is 0 Å². The van der Waals surface area contributed by atoms with Gasteiger partial charge in [-0.2, -0.15) is 0 Å². The molecule has 0 aliphatic carbocycles. The van der Waals surface area contributed by atoms with Gasteiger partial charge >= 0.3 is 0 Å². The summed E-state index contributed by atoms with van der Waals surface area (Å²) in [6.07, 6.45) is 0. The standard InChI is InChI=1S/C9H7Br3O3S/c1-6(13)7-3-2-4-8(5-7)16(14,15)9(10,11)12/h2-5H,1H3. The molecule has 0 bridgehead atoms. The van der Waals surface area contributed by atoms with E-state index in [4.69, 9.17) is 0 Å². The first-order valence-electron chi connectivity index (χ1n) is 4.08. The van der Waals surface area contributed by atoms with E-state index in [1.54, 1.807) is 6.07 Å². The molecule has 0 radical (unpaired) electrons. The molecule has 0 spiro atoms. The molecule has 0 aliphatic rings. The van der Waals surface area contributed by atoms with Gasteiger partial charge in [0, 0.05) is 5.56 Å². The van der Waals surface area contributed by atoms with E-state index >= 15 is 0 Å². The van der Waals surface area contributed by atoms with E-state index in [-0.39, 0.29) is 10.7 Å². The van der Waals surface area contributed by atoms with Crippen molar-refractivity contribution < 1.29 is 13.2 Å². The van der Waals surface area contributed by atoms with Gasteiger partial charge in [-0.25, -0.2) is 8.42 Å². The molecule has 7 heteroatoms. The minimum absolute atomic E-state index is 0.0609. The molecular weight excluding hydrogens is 428 g/mol. The number of hydrogen-bond donors (Lipinski definition) is 0. The van der Waals surface area contributed by atoms with Crippen molar-refractivity contribution in [3.05, 3.63) is 29.8 Å². The quantitative estimate of drug-likeness (QED) is 0.529. The minimum Gasteiger partial charge on any atom is -0.295 e. The van der Waals surface area contributed by atoms with Crippen LogP contribution in [0.15, 0.2) is 29.2 Å². The number of benzene rings is 1. The minimum atomic E-state index is -3.63. The number of ketones is 1. The molecule has 1 aromatic carbocycles. The van der Waals surface area contributed by atoms with Crippen LogP contribution in [0.25, 0.3) is 0 Å². The predicted molar refractivity (Wildman–Crippen MR) is 73.1 cm³/mol. The van der Waals surface area contributed by atoms with Gasteiger partial charge in [-0.05, 0) is 66.8 Å². The summed E-state index contributed by atoms with van der Waals surface area (Å²) < 4.78 is 22.5. The molecule has 1 aromatic rings. The van der Waals surface area contributed by atoms with Crippen molar-refractivity contribution in [1.82, 2.24) is 0 Å². The molecule has 0 amide bonds. The van der Waals surface area contributed by atoms with Crippen LogP contribution in [0.3, 0.4) is 0 Å². The van der Waals surface area contributed by atoms with Crippen LogP contribution in [-0.2, 0) is 9.84 Å². The van der Waals surface area contributed by atoms with Crippen LogP contribution in [0.1, 0.15) is 17.3 Å². The van der Waals surface area contributed by atoms with Gasteiger partial charge in [0.15, 0.2) is 5.78 Å². The third kappa shape index (κ3) is 2.94. The van der Waals surface area contributed by atoms with Gasteiger partial charge in [0.1, 0.15) is 0 Å². The number of Topliss-reactive ketones (excluding diaryl/α,β-unsaturated/α-hetero) is 1. The van der Waals surface area contributed by atoms with Crippen molar-refractivity contribution in [1.29, 1.82) is 0 Å². The fourth-order valence-corrected chi connectivity index (χ4v) is 3.51. The molecule has 0 aromatic heterocycles. The molecule has 3 nitrogen and oxygen atoms in total. The van der Waals surface area contributed by atoms with Crippen LogP contribution in [0.5, 0.6) is 0 Å². The fraction of sp³-hybridized carbons (Fsp3) is 0.222. The first-order valence-corrected chi connectivity index (χ1v) is 7.95. The third-order valence-electron chi connectivity index (χ3n) is 1.86. The zero-order chi connectivity index (χ0) is 12.6. The maximum Gasteiger partial charge on any atom is 0.239 e. The van der Waals surface area contributed by atoms with Gasteiger partial charge < -0.3 is 0 Å². The van der Waals surface area contributed by atoms with Crippen molar-refractivity contribution in [3.63, 3.8) is 0 Å². The van der Waals surface area contributed by atoms with Crippen LogP contribution in [0.2, 0.25) is 0 Å². The molecule has 0 saturated heterocycles. The second kappa shape index (κ2) is 4.88. The molecular formula is C9H7Br3O3S. The summed E-state index contributed by atoms with van der Waals surface area (Å²) in [6, 6.07) is 5.87. The largest absolute Gasteiger partial charge is 0.295 e. The summed E-state index contributed by atoms with van der Waals surface area (Å²) in [5, 5.41) is 0. The van der Waals surface area contributed by atoms with Gasteiger partial charge in [0.2, 0.25) is 11.3 Å². The lowest BCUT2D eigenvalue weighted by atomic mass is 10.2. The van der Waals surface area contributed by atoms with E-state index in [1.165, 1.54) is 25.1 Å². The van der Waals surface area contributed by atoms with Crippen molar-refractivity contribution in [2.24, 2.45) is 0 Å². The van der Waals surface area contributed by atoms with Crippen molar-refractivity contribution in [2.45, 2.75) is 13.3 Å². The van der Waals surface area contributed by atoms with E-state index < -0.39 is 11.3 Å². The molecule has 0 saturated carbocycles. The summed E-state index contributed by atoms with van der Waals surface area (Å²) in [5.41, 5.74) is 0.359. The Labute approximate surface area is 119 Å². The summed E-state index contributed by atoms with van der Waals surface area (Å²) in [7, 11) is -3.63. The van der Waals surface area contributed by atoms with E-state index in [0.717, 1.165) is 0 Å². The molecule has 88 valence electrons. The van der Waals surface area contributed by atoms with E-state index in [0.29, 0.717) is 5.56 Å². The Hall–Kier alpha value is 0.280. The topological polar surface area (TPSA) is 51.2 Å². The molecule has 0 N–H and O–H groups in total. The first-order chi connectivity index (χ1) is 7.16. The number of rotatable bonds is 2. The Morgan fingerprint density at radius 1 is 1.25 bits per heavy atom. The second-order valence-corrected chi connectivity index (χ2v) is 13.5. The smallest absolute Gasteiger partial charge is 0.239 e. The normalized spacial score (nSPS) is 12.5. The van der Waals surface area contributed by atoms with E-state index in [1.807, 2.05) is 0 Å². The maximum atomic E-state index is 12.0. The number of halogens is 3. The lowest BCUT2D eigenvalue weighted by Crippen LogP contribution is -2.18. The molecule has 0 fully saturated rings. The Kier molecular flexibility index (Phi) is 4.37. The molecule has 0 heterocycles. The van der Waals surface area contributed by atoms with E-state index in [9.17, 15) is 13.2 Å². The summed E-state index contributed by atoms with van der Waals surface area (Å²) in [5.74, 6) is -0.179. The highest BCUT2D eigenvalue weighted by Crippen LogP contribution is 2.43. The third-order valence-corrected chi connectivity index (χ3v) is 7.18. The van der Waals surface area contributed by atoms with E-state index in [2.05, 4.69) is 47.8 Å². The average molecular weight is 435 g/mol. The lowest BCUT2D eigenvalue weighted by molar-refractivity contribution is 0.101. The van der Waals surface area contributed by atoms with Crippen LogP contribution >= 0.6 is 47.8 Å². The summed E-state index contributed by atoms with van der Waals surface area (Å²) >= 11 is 8.88. The second-order valence-electron chi connectivity index (χ2n) is 3.03. The first kappa shape index (κ1) is 14.3. The summed E-state index contributed by atoms with van der Waals surface area (Å²) in [4.78, 5) is 11.2. The SMILES string of the molecule is CC(=O)c1cccc(S(=O)(=O)C(Br)(Br)Br)c1. The zero-order valence-corrected chi connectivity index (χ0v) is 13.7. The van der Waals surface area contributed by atoms with Gasteiger partial charge in [-0.15, -0.1) is 0 Å². The van der Waals surface area contributed by atoms with Crippen molar-refractivity contribution in [2.75, 3.05) is 0 Å². The van der Waals surface area contributed by atoms with Crippen LogP contribution in [0, 0.1) is 0 Å². The van der Waals surface area contributed by atoms with Crippen LogP contribution in [-0.4, -0.2) is 15.7 Å².